The van der Waals surface area contributed by atoms with Crippen molar-refractivity contribution in [3.05, 3.63) is 125 Å². The predicted octanol–water partition coefficient (Wildman–Crippen LogP) is 7.76. The van der Waals surface area contributed by atoms with Crippen molar-refractivity contribution in [3.63, 3.8) is 0 Å². The second-order valence-electron chi connectivity index (χ2n) is 7.61. The Morgan fingerprint density at radius 1 is 0.559 bits per heavy atom. The third-order valence-corrected chi connectivity index (χ3v) is 5.70. The molecule has 6 heteroatoms. The predicted molar refractivity (Wildman–Crippen MR) is 136 cm³/mol. The third-order valence-electron chi connectivity index (χ3n) is 4.62. The van der Waals surface area contributed by atoms with E-state index in [9.17, 15) is 4.79 Å². The average molecular weight is 474 g/mol. The van der Waals surface area contributed by atoms with Crippen molar-refractivity contribution in [2.24, 2.45) is 0 Å². The Hall–Kier alpha value is -3.82. The highest BCUT2D eigenvalue weighted by Crippen LogP contribution is 2.42. The van der Waals surface area contributed by atoms with Gasteiger partial charge in [-0.1, -0.05) is 71.3 Å². The highest BCUT2D eigenvalue weighted by atomic mass is 31.2. The molecule has 0 aromatic heterocycles. The molecule has 174 valence electrons. The first-order valence-electron chi connectivity index (χ1n) is 10.7. The summed E-state index contributed by atoms with van der Waals surface area (Å²) in [4.78, 5) is 10.2. The van der Waals surface area contributed by atoms with Crippen LogP contribution in [0.25, 0.3) is 0 Å². The van der Waals surface area contributed by atoms with Gasteiger partial charge in [-0.3, -0.25) is 0 Å². The highest BCUT2D eigenvalue weighted by Gasteiger charge is 2.19. The summed E-state index contributed by atoms with van der Waals surface area (Å²) in [6.45, 7) is 6.12. The Morgan fingerprint density at radius 2 is 0.882 bits per heavy atom. The fraction of sp³-hybridized carbons (Fsp3) is 0.107. The Balaban J connectivity index is 0.000000302. The fourth-order valence-corrected chi connectivity index (χ4v) is 3.69. The maximum atomic E-state index is 10.2. The third kappa shape index (κ3) is 8.27. The molecule has 0 aliphatic heterocycles. The molecule has 1 N–H and O–H groups in total. The molecule has 34 heavy (non-hydrogen) atoms. The van der Waals surface area contributed by atoms with Gasteiger partial charge in [-0.05, 0) is 69.3 Å². The first-order valence-corrected chi connectivity index (χ1v) is 11.8. The zero-order valence-corrected chi connectivity index (χ0v) is 20.2. The lowest BCUT2D eigenvalue weighted by atomic mass is 10.2. The van der Waals surface area contributed by atoms with Crippen molar-refractivity contribution < 1.29 is 23.5 Å². The van der Waals surface area contributed by atoms with Crippen LogP contribution in [0.15, 0.2) is 103 Å². The first-order chi connectivity index (χ1) is 16.4. The van der Waals surface area contributed by atoms with Gasteiger partial charge in [0.1, 0.15) is 17.2 Å². The van der Waals surface area contributed by atoms with E-state index in [1.165, 1.54) is 16.7 Å². The molecule has 0 atom stereocenters. The molecule has 0 saturated heterocycles. The molecule has 4 aromatic rings. The van der Waals surface area contributed by atoms with Crippen molar-refractivity contribution in [1.82, 2.24) is 0 Å². The average Bonchev–Trinajstić information content (AvgIpc) is 2.84. The standard InChI is InChI=1S/C21H21O3P.C7H6O2/c1-16-4-10-19(11-5-16)22-25(23-20-12-6-17(2)7-13-20)24-21-14-8-18(3)9-15-21;8-7(9)6-4-2-1-3-5-6/h4-15H,1-3H3;1-5H,(H,8,9). The number of hydrogen-bond donors (Lipinski definition) is 1. The number of hydrogen-bond acceptors (Lipinski definition) is 4. The minimum Gasteiger partial charge on any atom is -0.478 e. The molecule has 4 aromatic carbocycles. The molecule has 0 bridgehead atoms. The van der Waals surface area contributed by atoms with E-state index in [0.717, 1.165) is 17.2 Å². The summed E-state index contributed by atoms with van der Waals surface area (Å²) in [7, 11) is -1.62. The van der Waals surface area contributed by atoms with E-state index < -0.39 is 14.6 Å². The lowest BCUT2D eigenvalue weighted by Gasteiger charge is -2.18. The van der Waals surface area contributed by atoms with Crippen LogP contribution in [0.3, 0.4) is 0 Å². The summed E-state index contributed by atoms with van der Waals surface area (Å²) in [5, 5.41) is 8.38. The second kappa shape index (κ2) is 12.4. The van der Waals surface area contributed by atoms with Gasteiger partial charge in [-0.2, -0.15) is 0 Å². The summed E-state index contributed by atoms with van der Waals surface area (Å²) in [5.74, 6) is 1.28. The summed E-state index contributed by atoms with van der Waals surface area (Å²) in [5.41, 5.74) is 3.86. The van der Waals surface area contributed by atoms with Gasteiger partial charge in [0.25, 0.3) is 0 Å². The lowest BCUT2D eigenvalue weighted by Crippen LogP contribution is -2.02. The van der Waals surface area contributed by atoms with Crippen molar-refractivity contribution in [3.8, 4) is 17.2 Å². The SMILES string of the molecule is Cc1ccc(OP(Oc2ccc(C)cc2)Oc2ccc(C)cc2)cc1.O=C(O)c1ccccc1. The fourth-order valence-electron chi connectivity index (χ4n) is 2.69. The van der Waals surface area contributed by atoms with Gasteiger partial charge in [-0.25, -0.2) is 4.79 Å². The number of benzene rings is 4. The molecule has 0 radical (unpaired) electrons. The lowest BCUT2D eigenvalue weighted by molar-refractivity contribution is 0.0697. The zero-order valence-electron chi connectivity index (χ0n) is 19.3. The van der Waals surface area contributed by atoms with Crippen LogP contribution in [0.4, 0.5) is 0 Å². The van der Waals surface area contributed by atoms with Crippen LogP contribution in [0.2, 0.25) is 0 Å². The number of carboxylic acids is 1. The van der Waals surface area contributed by atoms with Crippen LogP contribution in [-0.2, 0) is 0 Å². The van der Waals surface area contributed by atoms with Crippen LogP contribution in [0.1, 0.15) is 27.0 Å². The Bertz CT molecular complexity index is 1050. The van der Waals surface area contributed by atoms with E-state index in [0.29, 0.717) is 5.56 Å². The normalized spacial score (nSPS) is 10.1. The maximum absolute atomic E-state index is 10.2. The number of rotatable bonds is 7. The molecule has 5 nitrogen and oxygen atoms in total. The number of aromatic carboxylic acids is 1. The molecule has 0 amide bonds. The van der Waals surface area contributed by atoms with E-state index in [-0.39, 0.29) is 0 Å². The van der Waals surface area contributed by atoms with Crippen molar-refractivity contribution in [2.45, 2.75) is 20.8 Å². The van der Waals surface area contributed by atoms with Gasteiger partial charge in [0, 0.05) is 0 Å². The minimum absolute atomic E-state index is 0.331. The smallest absolute Gasteiger partial charge is 0.478 e. The molecule has 0 aliphatic rings. The van der Waals surface area contributed by atoms with Gasteiger partial charge in [0.15, 0.2) is 0 Å². The largest absolute Gasteiger partial charge is 0.530 e. The van der Waals surface area contributed by atoms with Crippen molar-refractivity contribution in [2.75, 3.05) is 0 Å². The molecule has 0 saturated carbocycles. The van der Waals surface area contributed by atoms with Gasteiger partial charge >= 0.3 is 14.6 Å². The summed E-state index contributed by atoms with van der Waals surface area (Å²) in [6.07, 6.45) is 0. The monoisotopic (exact) mass is 474 g/mol. The first kappa shape index (κ1) is 24.8. The number of aryl methyl sites for hydroxylation is 3. The van der Waals surface area contributed by atoms with Crippen LogP contribution in [-0.4, -0.2) is 11.1 Å². The molecule has 0 heterocycles. The quantitative estimate of drug-likeness (QED) is 0.277. The molecule has 0 fully saturated rings. The Kier molecular flexibility index (Phi) is 9.07. The Labute approximate surface area is 201 Å². The summed E-state index contributed by atoms with van der Waals surface area (Å²) in [6, 6.07) is 31.8. The van der Waals surface area contributed by atoms with Gasteiger partial charge in [0.2, 0.25) is 0 Å². The van der Waals surface area contributed by atoms with Crippen LogP contribution < -0.4 is 13.6 Å². The Morgan fingerprint density at radius 3 is 1.15 bits per heavy atom. The van der Waals surface area contributed by atoms with E-state index >= 15 is 0 Å². The summed E-state index contributed by atoms with van der Waals surface area (Å²) >= 11 is 0. The summed E-state index contributed by atoms with van der Waals surface area (Å²) < 4.78 is 17.9. The van der Waals surface area contributed by atoms with Crippen molar-refractivity contribution >= 4 is 14.6 Å². The van der Waals surface area contributed by atoms with Crippen LogP contribution >= 0.6 is 8.60 Å². The maximum Gasteiger partial charge on any atom is 0.530 e. The van der Waals surface area contributed by atoms with E-state index in [2.05, 4.69) is 0 Å². The van der Waals surface area contributed by atoms with Crippen LogP contribution in [0, 0.1) is 20.8 Å². The zero-order chi connectivity index (χ0) is 24.3. The van der Waals surface area contributed by atoms with Crippen LogP contribution in [0.5, 0.6) is 17.2 Å². The molecule has 4 rings (SSSR count). The number of carbonyl (C=O) groups is 1. The van der Waals surface area contributed by atoms with E-state index in [1.807, 2.05) is 93.6 Å². The molecular formula is C28H27O5P. The van der Waals surface area contributed by atoms with Gasteiger partial charge < -0.3 is 18.7 Å². The highest BCUT2D eigenvalue weighted by molar-refractivity contribution is 7.43. The number of carboxylic acid groups (broad SMARTS) is 1. The molecule has 0 aliphatic carbocycles. The second-order valence-corrected chi connectivity index (χ2v) is 8.60. The molecular weight excluding hydrogens is 447 g/mol. The van der Waals surface area contributed by atoms with E-state index in [4.69, 9.17) is 18.7 Å². The van der Waals surface area contributed by atoms with E-state index in [1.54, 1.807) is 30.3 Å². The minimum atomic E-state index is -1.62. The van der Waals surface area contributed by atoms with Crippen molar-refractivity contribution in [1.29, 1.82) is 0 Å². The molecule has 0 spiro atoms. The molecule has 0 unspecified atom stereocenters. The van der Waals surface area contributed by atoms with Gasteiger partial charge in [0.05, 0.1) is 5.56 Å². The van der Waals surface area contributed by atoms with Gasteiger partial charge in [-0.15, -0.1) is 0 Å². The topological polar surface area (TPSA) is 65.0 Å².